The molecule has 0 spiro atoms. The maximum Gasteiger partial charge on any atom is 0.308 e. The van der Waals surface area contributed by atoms with Crippen LogP contribution in [0.15, 0.2) is 0 Å². The van der Waals surface area contributed by atoms with Crippen LogP contribution in [0.1, 0.15) is 12.8 Å². The van der Waals surface area contributed by atoms with Crippen molar-refractivity contribution in [1.29, 1.82) is 0 Å². The molecule has 4 nitrogen and oxygen atoms in total. The second kappa shape index (κ2) is 3.19. The molecule has 0 aliphatic carbocycles. The van der Waals surface area contributed by atoms with Crippen LogP contribution in [0.5, 0.6) is 0 Å². The van der Waals surface area contributed by atoms with Gasteiger partial charge in [0.05, 0.1) is 19.1 Å². The van der Waals surface area contributed by atoms with Crippen LogP contribution >= 0.6 is 0 Å². The van der Waals surface area contributed by atoms with Gasteiger partial charge in [-0.25, -0.2) is 0 Å². The highest BCUT2D eigenvalue weighted by atomic mass is 16.5. The fourth-order valence-electron chi connectivity index (χ4n) is 1.22. The number of carbonyl (C=O) groups excluding carboxylic acids is 1. The Kier molecular flexibility index (Phi) is 2.46. The smallest absolute Gasteiger partial charge is 0.308 e. The van der Waals surface area contributed by atoms with Crippen molar-refractivity contribution in [3.8, 4) is 0 Å². The molecule has 1 saturated heterocycles. The zero-order valence-electron chi connectivity index (χ0n) is 6.59. The molecule has 64 valence electrons. The lowest BCUT2D eigenvalue weighted by molar-refractivity contribution is -0.145. The molecule has 1 aliphatic heterocycles. The molecule has 4 heteroatoms. The highest BCUT2D eigenvalue weighted by molar-refractivity contribution is 5.70. The minimum atomic E-state index is -0.868. The predicted molar refractivity (Wildman–Crippen MR) is 39.1 cm³/mol. The molecule has 0 radical (unpaired) electrons. The predicted octanol–water partition coefficient (Wildman–Crippen LogP) is -0.726. The Morgan fingerprint density at radius 3 is 3.00 bits per heavy atom. The third kappa shape index (κ3) is 2.17. The largest absolute Gasteiger partial charge is 0.469 e. The summed E-state index contributed by atoms with van der Waals surface area (Å²) in [5.41, 5.74) is -0.868. The Bertz CT molecular complexity index is 152. The molecule has 11 heavy (non-hydrogen) atoms. The summed E-state index contributed by atoms with van der Waals surface area (Å²) >= 11 is 0. The van der Waals surface area contributed by atoms with Gasteiger partial charge in [0.15, 0.2) is 0 Å². The van der Waals surface area contributed by atoms with Crippen molar-refractivity contribution in [2.45, 2.75) is 18.4 Å². The average Bonchev–Trinajstić information content (AvgIpc) is 2.36. The Hall–Kier alpha value is -0.610. The number of hydrogen-bond donors (Lipinski definition) is 2. The summed E-state index contributed by atoms with van der Waals surface area (Å²) in [6.45, 7) is 1.26. The van der Waals surface area contributed by atoms with Gasteiger partial charge in [-0.3, -0.25) is 4.79 Å². The summed E-state index contributed by atoms with van der Waals surface area (Å²) in [5.74, 6) is -0.351. The normalized spacial score (nSPS) is 30.4. The van der Waals surface area contributed by atoms with E-state index in [1.165, 1.54) is 7.11 Å². The van der Waals surface area contributed by atoms with Gasteiger partial charge in [-0.15, -0.1) is 0 Å². The van der Waals surface area contributed by atoms with Gasteiger partial charge in [0.2, 0.25) is 0 Å². The maximum absolute atomic E-state index is 10.8. The molecule has 0 aromatic heterocycles. The molecule has 1 atom stereocenters. The zero-order valence-corrected chi connectivity index (χ0v) is 6.59. The second-order valence-electron chi connectivity index (χ2n) is 2.90. The molecule has 1 heterocycles. The van der Waals surface area contributed by atoms with Crippen LogP contribution in [0.3, 0.4) is 0 Å². The van der Waals surface area contributed by atoms with E-state index in [0.29, 0.717) is 13.0 Å². The molecular formula is C7H13NO3. The van der Waals surface area contributed by atoms with Crippen LogP contribution in [0.4, 0.5) is 0 Å². The summed E-state index contributed by atoms with van der Waals surface area (Å²) < 4.78 is 4.45. The SMILES string of the molecule is COC(=O)CC1(O)CCNC1. The molecule has 1 rings (SSSR count). The van der Waals surface area contributed by atoms with Gasteiger partial charge < -0.3 is 15.2 Å². The first-order valence-electron chi connectivity index (χ1n) is 3.66. The van der Waals surface area contributed by atoms with Gasteiger partial charge in [0.25, 0.3) is 0 Å². The molecule has 0 aromatic rings. The molecule has 1 aliphatic rings. The van der Waals surface area contributed by atoms with Crippen LogP contribution in [0.25, 0.3) is 0 Å². The first kappa shape index (κ1) is 8.49. The molecule has 0 saturated carbocycles. The molecule has 2 N–H and O–H groups in total. The van der Waals surface area contributed by atoms with Crippen LogP contribution < -0.4 is 5.32 Å². The van der Waals surface area contributed by atoms with Gasteiger partial charge in [0, 0.05) is 6.54 Å². The average molecular weight is 159 g/mol. The molecule has 0 amide bonds. The summed E-state index contributed by atoms with van der Waals surface area (Å²) in [7, 11) is 1.33. The Balaban J connectivity index is 2.39. The lowest BCUT2D eigenvalue weighted by Crippen LogP contribution is -2.34. The van der Waals surface area contributed by atoms with Crippen molar-refractivity contribution in [2.24, 2.45) is 0 Å². The first-order valence-corrected chi connectivity index (χ1v) is 3.66. The Labute approximate surface area is 65.5 Å². The summed E-state index contributed by atoms with van der Waals surface area (Å²) in [6.07, 6.45) is 0.721. The molecular weight excluding hydrogens is 146 g/mol. The van der Waals surface area contributed by atoms with E-state index in [9.17, 15) is 9.90 Å². The van der Waals surface area contributed by atoms with E-state index in [2.05, 4.69) is 10.1 Å². The summed E-state index contributed by atoms with van der Waals surface area (Å²) in [4.78, 5) is 10.8. The molecule has 1 fully saturated rings. The van der Waals surface area contributed by atoms with Crippen molar-refractivity contribution in [3.05, 3.63) is 0 Å². The van der Waals surface area contributed by atoms with Gasteiger partial charge >= 0.3 is 5.97 Å². The number of ether oxygens (including phenoxy) is 1. The summed E-state index contributed by atoms with van der Waals surface area (Å²) in [5, 5.41) is 12.6. The van der Waals surface area contributed by atoms with Gasteiger partial charge in [-0.05, 0) is 13.0 Å². The number of esters is 1. The van der Waals surface area contributed by atoms with Crippen molar-refractivity contribution in [3.63, 3.8) is 0 Å². The quantitative estimate of drug-likeness (QED) is 0.522. The molecule has 1 unspecified atom stereocenters. The third-order valence-corrected chi connectivity index (χ3v) is 1.92. The van der Waals surface area contributed by atoms with E-state index < -0.39 is 5.60 Å². The van der Waals surface area contributed by atoms with Crippen molar-refractivity contribution in [2.75, 3.05) is 20.2 Å². The minimum absolute atomic E-state index is 0.0938. The lowest BCUT2D eigenvalue weighted by atomic mass is 9.99. The highest BCUT2D eigenvalue weighted by Gasteiger charge is 2.33. The Morgan fingerprint density at radius 1 is 1.82 bits per heavy atom. The molecule has 0 bridgehead atoms. The number of rotatable bonds is 2. The topological polar surface area (TPSA) is 58.6 Å². The summed E-state index contributed by atoms with van der Waals surface area (Å²) in [6, 6.07) is 0. The number of aliphatic hydroxyl groups is 1. The van der Waals surface area contributed by atoms with Crippen molar-refractivity contribution >= 4 is 5.97 Å². The van der Waals surface area contributed by atoms with E-state index in [0.717, 1.165) is 6.54 Å². The van der Waals surface area contributed by atoms with Gasteiger partial charge in [0.1, 0.15) is 0 Å². The maximum atomic E-state index is 10.8. The fourth-order valence-corrected chi connectivity index (χ4v) is 1.22. The number of carbonyl (C=O) groups is 1. The fraction of sp³-hybridized carbons (Fsp3) is 0.857. The lowest BCUT2D eigenvalue weighted by Gasteiger charge is -2.18. The van der Waals surface area contributed by atoms with E-state index in [-0.39, 0.29) is 12.4 Å². The van der Waals surface area contributed by atoms with E-state index in [1.54, 1.807) is 0 Å². The van der Waals surface area contributed by atoms with Gasteiger partial charge in [-0.2, -0.15) is 0 Å². The Morgan fingerprint density at radius 2 is 2.55 bits per heavy atom. The second-order valence-corrected chi connectivity index (χ2v) is 2.90. The van der Waals surface area contributed by atoms with Crippen LogP contribution in [0.2, 0.25) is 0 Å². The first-order chi connectivity index (χ1) is 5.16. The molecule has 0 aromatic carbocycles. The van der Waals surface area contributed by atoms with Crippen molar-refractivity contribution in [1.82, 2.24) is 5.32 Å². The van der Waals surface area contributed by atoms with Crippen molar-refractivity contribution < 1.29 is 14.6 Å². The zero-order chi connectivity index (χ0) is 8.32. The van der Waals surface area contributed by atoms with E-state index in [1.807, 2.05) is 0 Å². The number of β-amino-alcohol motifs (C(OH)–C–C–N with tert-alkyl or cyclic N) is 1. The van der Waals surface area contributed by atoms with E-state index >= 15 is 0 Å². The standard InChI is InChI=1S/C7H13NO3/c1-11-6(9)4-7(10)2-3-8-5-7/h8,10H,2-5H2,1H3. The highest BCUT2D eigenvalue weighted by Crippen LogP contribution is 2.18. The minimum Gasteiger partial charge on any atom is -0.469 e. The van der Waals surface area contributed by atoms with Crippen LogP contribution in [-0.2, 0) is 9.53 Å². The number of methoxy groups -OCH3 is 1. The van der Waals surface area contributed by atoms with E-state index in [4.69, 9.17) is 0 Å². The monoisotopic (exact) mass is 159 g/mol. The van der Waals surface area contributed by atoms with Gasteiger partial charge in [-0.1, -0.05) is 0 Å². The third-order valence-electron chi connectivity index (χ3n) is 1.92. The van der Waals surface area contributed by atoms with Crippen LogP contribution in [0, 0.1) is 0 Å². The number of hydrogen-bond acceptors (Lipinski definition) is 4. The number of nitrogens with one attached hydrogen (secondary N) is 1. The van der Waals surface area contributed by atoms with Crippen LogP contribution in [-0.4, -0.2) is 36.9 Å².